The molecule has 0 aromatic heterocycles. The van der Waals surface area contributed by atoms with Crippen LogP contribution in [0, 0.1) is 5.82 Å². The number of aromatic hydroxyl groups is 4. The summed E-state index contributed by atoms with van der Waals surface area (Å²) in [5.41, 5.74) is 12.4. The van der Waals surface area contributed by atoms with Crippen LogP contribution in [0.1, 0.15) is 16.7 Å². The third kappa shape index (κ3) is 7.82. The van der Waals surface area contributed by atoms with Crippen LogP contribution in [0.5, 0.6) is 23.0 Å². The quantitative estimate of drug-likeness (QED) is 0.160. The topological polar surface area (TPSA) is 208 Å². The molecule has 0 saturated heterocycles. The summed E-state index contributed by atoms with van der Waals surface area (Å²) in [7, 11) is 0. The van der Waals surface area contributed by atoms with E-state index in [-0.39, 0.29) is 36.3 Å². The van der Waals surface area contributed by atoms with Gasteiger partial charge in [0.05, 0.1) is 6.04 Å². The molecule has 12 heteroatoms. The zero-order valence-electron chi connectivity index (χ0n) is 20.7. The Bertz CT molecular complexity index is 1370. The molecular formula is C27H29FN4O7. The third-order valence-corrected chi connectivity index (χ3v) is 5.99. The number of carbonyl (C=O) groups is 3. The summed E-state index contributed by atoms with van der Waals surface area (Å²) < 4.78 is 14.1. The largest absolute Gasteiger partial charge is 0.504 e. The number of primary amides is 1. The molecule has 11 nitrogen and oxygen atoms in total. The first-order valence-electron chi connectivity index (χ1n) is 11.8. The second-order valence-electron chi connectivity index (χ2n) is 8.98. The lowest BCUT2D eigenvalue weighted by Gasteiger charge is -2.24. The average molecular weight is 541 g/mol. The Morgan fingerprint density at radius 1 is 0.718 bits per heavy atom. The van der Waals surface area contributed by atoms with E-state index < -0.39 is 53.2 Å². The van der Waals surface area contributed by atoms with E-state index in [1.807, 2.05) is 0 Å². The number of hydrogen-bond acceptors (Lipinski definition) is 8. The fraction of sp³-hybridized carbons (Fsp3) is 0.222. The molecule has 0 radical (unpaired) electrons. The number of carbonyl (C=O) groups excluding carboxylic acids is 3. The SMILES string of the molecule is NC(=O)C(Cc1ccccc1F)NC(=O)C(Cc1ccc(O)c(O)c1)NC(=O)C(N)Cc1ccc(O)c(O)c1. The fourth-order valence-corrected chi connectivity index (χ4v) is 3.84. The lowest BCUT2D eigenvalue weighted by Crippen LogP contribution is -2.56. The van der Waals surface area contributed by atoms with E-state index in [1.54, 1.807) is 6.07 Å². The van der Waals surface area contributed by atoms with Gasteiger partial charge in [0, 0.05) is 12.8 Å². The van der Waals surface area contributed by atoms with E-state index in [4.69, 9.17) is 11.5 Å². The predicted molar refractivity (Wildman–Crippen MR) is 138 cm³/mol. The monoisotopic (exact) mass is 540 g/mol. The number of nitrogens with one attached hydrogen (secondary N) is 2. The van der Waals surface area contributed by atoms with Crippen molar-refractivity contribution >= 4 is 17.7 Å². The van der Waals surface area contributed by atoms with Gasteiger partial charge in [-0.05, 0) is 53.4 Å². The van der Waals surface area contributed by atoms with Gasteiger partial charge in [0.25, 0.3) is 0 Å². The number of hydrogen-bond donors (Lipinski definition) is 8. The van der Waals surface area contributed by atoms with Crippen LogP contribution in [0.15, 0.2) is 60.7 Å². The number of phenols is 4. The van der Waals surface area contributed by atoms with Gasteiger partial charge in [-0.1, -0.05) is 30.3 Å². The molecule has 206 valence electrons. The van der Waals surface area contributed by atoms with Gasteiger partial charge in [0.2, 0.25) is 17.7 Å². The van der Waals surface area contributed by atoms with Gasteiger partial charge in [-0.25, -0.2) is 4.39 Å². The lowest BCUT2D eigenvalue weighted by atomic mass is 10.0. The van der Waals surface area contributed by atoms with E-state index in [0.29, 0.717) is 11.1 Å². The predicted octanol–water partition coefficient (Wildman–Crippen LogP) is 0.458. The highest BCUT2D eigenvalue weighted by Gasteiger charge is 2.28. The summed E-state index contributed by atoms with van der Waals surface area (Å²) in [6.45, 7) is 0. The molecule has 3 atom stereocenters. The van der Waals surface area contributed by atoms with Crippen LogP contribution >= 0.6 is 0 Å². The standard InChI is InChI=1S/C27H29FN4O7/c28-17-4-2-1-3-16(17)13-19(25(30)37)31-27(39)20(10-15-6-8-22(34)24(36)12-15)32-26(38)18(29)9-14-5-7-21(33)23(35)11-14/h1-8,11-12,18-20,33-36H,9-10,13,29H2,(H2,30,37)(H,31,39)(H,32,38). The summed E-state index contributed by atoms with van der Waals surface area (Å²) in [6.07, 6.45) is -0.465. The van der Waals surface area contributed by atoms with E-state index in [1.165, 1.54) is 54.6 Å². The van der Waals surface area contributed by atoms with Gasteiger partial charge in [0.1, 0.15) is 17.9 Å². The Balaban J connectivity index is 1.80. The van der Waals surface area contributed by atoms with Crippen LogP contribution in [0.25, 0.3) is 0 Å². The van der Waals surface area contributed by atoms with Crippen molar-refractivity contribution in [1.29, 1.82) is 0 Å². The first-order valence-corrected chi connectivity index (χ1v) is 11.8. The fourth-order valence-electron chi connectivity index (χ4n) is 3.84. The smallest absolute Gasteiger partial charge is 0.243 e. The van der Waals surface area contributed by atoms with Gasteiger partial charge in [-0.15, -0.1) is 0 Å². The Labute approximate surface area is 222 Å². The van der Waals surface area contributed by atoms with E-state index in [9.17, 15) is 39.2 Å². The minimum atomic E-state index is -1.32. The van der Waals surface area contributed by atoms with Crippen molar-refractivity contribution in [3.8, 4) is 23.0 Å². The highest BCUT2D eigenvalue weighted by atomic mass is 19.1. The number of phenolic OH excluding ortho intramolecular Hbond substituents is 4. The number of benzene rings is 3. The summed E-state index contributed by atoms with van der Waals surface area (Å²) in [6, 6.07) is 9.64. The second kappa shape index (κ2) is 12.6. The molecule has 3 aromatic carbocycles. The van der Waals surface area contributed by atoms with Crippen molar-refractivity contribution in [3.05, 3.63) is 83.2 Å². The molecule has 0 spiro atoms. The molecule has 0 heterocycles. The van der Waals surface area contributed by atoms with Gasteiger partial charge < -0.3 is 42.5 Å². The van der Waals surface area contributed by atoms with Crippen LogP contribution in [0.4, 0.5) is 4.39 Å². The van der Waals surface area contributed by atoms with E-state index in [0.717, 1.165) is 0 Å². The molecule has 3 rings (SSSR count). The summed E-state index contributed by atoms with van der Waals surface area (Å²) in [5.74, 6) is -4.67. The number of rotatable bonds is 11. The normalized spacial score (nSPS) is 13.2. The molecule has 0 aliphatic carbocycles. The minimum absolute atomic E-state index is 0.0504. The van der Waals surface area contributed by atoms with Gasteiger partial charge >= 0.3 is 0 Å². The van der Waals surface area contributed by atoms with Gasteiger partial charge in [-0.3, -0.25) is 14.4 Å². The van der Waals surface area contributed by atoms with E-state index in [2.05, 4.69) is 10.6 Å². The molecule has 10 N–H and O–H groups in total. The first-order chi connectivity index (χ1) is 18.4. The van der Waals surface area contributed by atoms with Crippen LogP contribution in [0.2, 0.25) is 0 Å². The molecule has 0 fully saturated rings. The maximum Gasteiger partial charge on any atom is 0.243 e. The van der Waals surface area contributed by atoms with Gasteiger partial charge in [0.15, 0.2) is 23.0 Å². The Morgan fingerprint density at radius 2 is 1.26 bits per heavy atom. The molecule has 0 saturated carbocycles. The molecule has 39 heavy (non-hydrogen) atoms. The van der Waals surface area contributed by atoms with E-state index >= 15 is 0 Å². The Morgan fingerprint density at radius 3 is 1.79 bits per heavy atom. The minimum Gasteiger partial charge on any atom is -0.504 e. The summed E-state index contributed by atoms with van der Waals surface area (Å²) in [4.78, 5) is 38.2. The Kier molecular flexibility index (Phi) is 9.29. The molecule has 3 aromatic rings. The molecule has 3 unspecified atom stereocenters. The number of halogens is 1. The average Bonchev–Trinajstić information content (AvgIpc) is 2.88. The van der Waals surface area contributed by atoms with Crippen LogP contribution < -0.4 is 22.1 Å². The van der Waals surface area contributed by atoms with Crippen molar-refractivity contribution in [2.75, 3.05) is 0 Å². The van der Waals surface area contributed by atoms with Crippen molar-refractivity contribution < 1.29 is 39.2 Å². The summed E-state index contributed by atoms with van der Waals surface area (Å²) in [5, 5.41) is 43.5. The summed E-state index contributed by atoms with van der Waals surface area (Å²) >= 11 is 0. The number of nitrogens with two attached hydrogens (primary N) is 2. The second-order valence-corrected chi connectivity index (χ2v) is 8.98. The molecule has 3 amide bonds. The Hall–Kier alpha value is -4.84. The zero-order chi connectivity index (χ0) is 28.7. The van der Waals surface area contributed by atoms with Crippen LogP contribution in [-0.4, -0.2) is 56.3 Å². The van der Waals surface area contributed by atoms with Crippen LogP contribution in [0.3, 0.4) is 0 Å². The van der Waals surface area contributed by atoms with Gasteiger partial charge in [-0.2, -0.15) is 0 Å². The van der Waals surface area contributed by atoms with Crippen molar-refractivity contribution in [2.24, 2.45) is 11.5 Å². The van der Waals surface area contributed by atoms with Crippen LogP contribution in [-0.2, 0) is 33.6 Å². The maximum absolute atomic E-state index is 14.1. The number of amides is 3. The van der Waals surface area contributed by atoms with Crippen molar-refractivity contribution in [1.82, 2.24) is 10.6 Å². The first kappa shape index (κ1) is 28.7. The molecular weight excluding hydrogens is 511 g/mol. The molecule has 0 aliphatic rings. The highest BCUT2D eigenvalue weighted by molar-refractivity contribution is 5.93. The lowest BCUT2D eigenvalue weighted by molar-refractivity contribution is -0.131. The van der Waals surface area contributed by atoms with Crippen molar-refractivity contribution in [3.63, 3.8) is 0 Å². The van der Waals surface area contributed by atoms with Crippen molar-refractivity contribution in [2.45, 2.75) is 37.4 Å². The maximum atomic E-state index is 14.1. The third-order valence-electron chi connectivity index (χ3n) is 5.99. The highest BCUT2D eigenvalue weighted by Crippen LogP contribution is 2.26. The molecule has 0 aliphatic heterocycles. The zero-order valence-corrected chi connectivity index (χ0v) is 20.7. The molecule has 0 bridgehead atoms.